The maximum atomic E-state index is 11.9. The van der Waals surface area contributed by atoms with Crippen molar-refractivity contribution in [1.82, 2.24) is 4.31 Å². The molecule has 15 heavy (non-hydrogen) atoms. The summed E-state index contributed by atoms with van der Waals surface area (Å²) in [6, 6.07) is 0. The van der Waals surface area contributed by atoms with E-state index in [1.165, 1.54) is 4.31 Å². The quantitative estimate of drug-likeness (QED) is 0.722. The Hall–Kier alpha value is -0.130. The van der Waals surface area contributed by atoms with Crippen LogP contribution in [0.2, 0.25) is 0 Å². The van der Waals surface area contributed by atoms with Gasteiger partial charge in [-0.25, -0.2) is 8.42 Å². The molecular formula is C10H24N2O2S. The molecule has 0 aromatic heterocycles. The molecule has 0 spiro atoms. The molecule has 0 aliphatic heterocycles. The van der Waals surface area contributed by atoms with Crippen LogP contribution in [0.3, 0.4) is 0 Å². The van der Waals surface area contributed by atoms with Gasteiger partial charge in [0.1, 0.15) is 0 Å². The van der Waals surface area contributed by atoms with Crippen LogP contribution in [0.25, 0.3) is 0 Å². The topological polar surface area (TPSA) is 63.4 Å². The third-order valence-corrected chi connectivity index (χ3v) is 5.21. The van der Waals surface area contributed by atoms with Crippen LogP contribution in [0, 0.1) is 0 Å². The molecule has 1 unspecified atom stereocenters. The lowest BCUT2D eigenvalue weighted by molar-refractivity contribution is 0.240. The predicted molar refractivity (Wildman–Crippen MR) is 64.2 cm³/mol. The van der Waals surface area contributed by atoms with Gasteiger partial charge in [0.2, 0.25) is 10.0 Å². The van der Waals surface area contributed by atoms with E-state index in [1.807, 2.05) is 20.8 Å². The third kappa shape index (κ3) is 3.74. The van der Waals surface area contributed by atoms with Crippen molar-refractivity contribution in [3.8, 4) is 0 Å². The second-order valence-corrected chi connectivity index (χ2v) is 6.31. The zero-order valence-electron chi connectivity index (χ0n) is 10.3. The highest BCUT2D eigenvalue weighted by atomic mass is 32.2. The summed E-state index contributed by atoms with van der Waals surface area (Å²) in [5.74, 6) is 0.218. The number of hydrogen-bond donors (Lipinski definition) is 1. The van der Waals surface area contributed by atoms with Gasteiger partial charge in [0, 0.05) is 19.1 Å². The van der Waals surface area contributed by atoms with E-state index in [4.69, 9.17) is 5.73 Å². The zero-order chi connectivity index (χ0) is 12.1. The maximum absolute atomic E-state index is 11.9. The van der Waals surface area contributed by atoms with Gasteiger partial charge < -0.3 is 5.73 Å². The standard InChI is InChI=1S/C10H24N2O2S/c1-5-7-8-15(13,14)12(4)10(3,6-2)9-11/h5-9,11H2,1-4H3. The van der Waals surface area contributed by atoms with Crippen molar-refractivity contribution in [3.05, 3.63) is 0 Å². The molecule has 2 N–H and O–H groups in total. The Labute approximate surface area is 93.9 Å². The molecule has 0 fully saturated rings. The summed E-state index contributed by atoms with van der Waals surface area (Å²) in [5.41, 5.74) is 5.19. The van der Waals surface area contributed by atoms with Gasteiger partial charge in [-0.3, -0.25) is 0 Å². The number of nitrogens with zero attached hydrogens (tertiary/aromatic N) is 1. The zero-order valence-corrected chi connectivity index (χ0v) is 11.1. The molecule has 0 aliphatic rings. The first-order chi connectivity index (χ1) is 6.84. The Morgan fingerprint density at radius 2 is 1.87 bits per heavy atom. The fraction of sp³-hybridized carbons (Fsp3) is 1.00. The fourth-order valence-corrected chi connectivity index (χ4v) is 3.10. The van der Waals surface area contributed by atoms with Crippen molar-refractivity contribution in [2.75, 3.05) is 19.3 Å². The molecule has 0 saturated carbocycles. The highest BCUT2D eigenvalue weighted by Gasteiger charge is 2.33. The van der Waals surface area contributed by atoms with Crippen LogP contribution in [0.4, 0.5) is 0 Å². The number of nitrogens with two attached hydrogens (primary N) is 1. The minimum Gasteiger partial charge on any atom is -0.329 e. The third-order valence-electron chi connectivity index (χ3n) is 3.13. The molecule has 5 heteroatoms. The molecule has 0 rings (SSSR count). The minimum absolute atomic E-state index is 0.218. The Morgan fingerprint density at radius 1 is 1.33 bits per heavy atom. The lowest BCUT2D eigenvalue weighted by Gasteiger charge is -2.36. The normalized spacial score (nSPS) is 16.7. The Kier molecular flexibility index (Phi) is 5.77. The van der Waals surface area contributed by atoms with E-state index < -0.39 is 15.6 Å². The first kappa shape index (κ1) is 14.9. The SMILES string of the molecule is CCCCS(=O)(=O)N(C)C(C)(CC)CN. The van der Waals surface area contributed by atoms with Crippen molar-refractivity contribution >= 4 is 10.0 Å². The van der Waals surface area contributed by atoms with Crippen molar-refractivity contribution in [2.45, 2.75) is 45.6 Å². The molecule has 0 heterocycles. The highest BCUT2D eigenvalue weighted by Crippen LogP contribution is 2.20. The van der Waals surface area contributed by atoms with Gasteiger partial charge in [0.25, 0.3) is 0 Å². The second-order valence-electron chi connectivity index (χ2n) is 4.19. The van der Waals surface area contributed by atoms with Gasteiger partial charge in [0.05, 0.1) is 5.75 Å². The van der Waals surface area contributed by atoms with Crippen molar-refractivity contribution < 1.29 is 8.42 Å². The van der Waals surface area contributed by atoms with Gasteiger partial charge in [-0.15, -0.1) is 0 Å². The van der Waals surface area contributed by atoms with E-state index >= 15 is 0 Å². The monoisotopic (exact) mass is 236 g/mol. The van der Waals surface area contributed by atoms with E-state index in [9.17, 15) is 8.42 Å². The second kappa shape index (κ2) is 5.82. The van der Waals surface area contributed by atoms with E-state index in [1.54, 1.807) is 7.05 Å². The average molecular weight is 236 g/mol. The molecule has 92 valence electrons. The molecular weight excluding hydrogens is 212 g/mol. The first-order valence-corrected chi connectivity index (χ1v) is 7.11. The van der Waals surface area contributed by atoms with Crippen molar-refractivity contribution in [1.29, 1.82) is 0 Å². The Morgan fingerprint density at radius 3 is 2.20 bits per heavy atom. The largest absolute Gasteiger partial charge is 0.329 e. The Bertz CT molecular complexity index is 271. The van der Waals surface area contributed by atoms with Gasteiger partial charge >= 0.3 is 0 Å². The van der Waals surface area contributed by atoms with E-state index in [0.29, 0.717) is 13.0 Å². The molecule has 0 aliphatic carbocycles. The van der Waals surface area contributed by atoms with Gasteiger partial charge in [0.15, 0.2) is 0 Å². The number of hydrogen-bond acceptors (Lipinski definition) is 3. The number of rotatable bonds is 7. The number of sulfonamides is 1. The number of unbranched alkanes of at least 4 members (excludes halogenated alkanes) is 1. The summed E-state index contributed by atoms with van der Waals surface area (Å²) in [4.78, 5) is 0. The van der Waals surface area contributed by atoms with Crippen LogP contribution in [-0.4, -0.2) is 37.6 Å². The molecule has 0 aromatic rings. The summed E-state index contributed by atoms with van der Waals surface area (Å²) in [7, 11) is -1.52. The summed E-state index contributed by atoms with van der Waals surface area (Å²) < 4.78 is 25.3. The van der Waals surface area contributed by atoms with Crippen LogP contribution < -0.4 is 5.73 Å². The van der Waals surface area contributed by atoms with Crippen LogP contribution in [0.15, 0.2) is 0 Å². The molecule has 0 amide bonds. The fourth-order valence-electron chi connectivity index (χ4n) is 1.30. The smallest absolute Gasteiger partial charge is 0.214 e. The number of likely N-dealkylation sites (N-methyl/N-ethyl adjacent to an activating group) is 1. The molecule has 0 radical (unpaired) electrons. The Balaban J connectivity index is 4.74. The van der Waals surface area contributed by atoms with Gasteiger partial charge in [-0.1, -0.05) is 20.3 Å². The minimum atomic E-state index is -3.15. The van der Waals surface area contributed by atoms with E-state index in [-0.39, 0.29) is 5.75 Å². The summed E-state index contributed by atoms with van der Waals surface area (Å²) in [6.07, 6.45) is 2.32. The highest BCUT2D eigenvalue weighted by molar-refractivity contribution is 7.89. The van der Waals surface area contributed by atoms with E-state index in [0.717, 1.165) is 12.8 Å². The molecule has 0 bridgehead atoms. The van der Waals surface area contributed by atoms with Gasteiger partial charge in [-0.05, 0) is 19.8 Å². The molecule has 0 saturated heterocycles. The van der Waals surface area contributed by atoms with Crippen LogP contribution >= 0.6 is 0 Å². The molecule has 4 nitrogen and oxygen atoms in total. The average Bonchev–Trinajstić information content (AvgIpc) is 2.24. The first-order valence-electron chi connectivity index (χ1n) is 5.50. The van der Waals surface area contributed by atoms with Crippen LogP contribution in [-0.2, 0) is 10.0 Å². The van der Waals surface area contributed by atoms with Crippen molar-refractivity contribution in [2.24, 2.45) is 5.73 Å². The molecule has 0 aromatic carbocycles. The molecule has 1 atom stereocenters. The van der Waals surface area contributed by atoms with Gasteiger partial charge in [-0.2, -0.15) is 4.31 Å². The lowest BCUT2D eigenvalue weighted by atomic mass is 10.00. The van der Waals surface area contributed by atoms with Crippen molar-refractivity contribution in [3.63, 3.8) is 0 Å². The van der Waals surface area contributed by atoms with Crippen LogP contribution in [0.1, 0.15) is 40.0 Å². The van der Waals surface area contributed by atoms with E-state index in [2.05, 4.69) is 0 Å². The predicted octanol–water partition coefficient (Wildman–Crippen LogP) is 1.18. The summed E-state index contributed by atoms with van der Waals surface area (Å²) in [6.45, 7) is 6.18. The summed E-state index contributed by atoms with van der Waals surface area (Å²) >= 11 is 0. The maximum Gasteiger partial charge on any atom is 0.214 e. The summed E-state index contributed by atoms with van der Waals surface area (Å²) in [5, 5.41) is 0. The lowest BCUT2D eigenvalue weighted by Crippen LogP contribution is -2.52. The van der Waals surface area contributed by atoms with Crippen LogP contribution in [0.5, 0.6) is 0 Å².